The number of ether oxygens (including phenoxy) is 2. The number of rotatable bonds is 5. The Morgan fingerprint density at radius 1 is 1.28 bits per heavy atom. The van der Waals surface area contributed by atoms with Crippen LogP contribution in [0.4, 0.5) is 5.69 Å². The second kappa shape index (κ2) is 6.83. The Kier molecular flexibility index (Phi) is 5.72. The average molecular weight is 292 g/mol. The van der Waals surface area contributed by atoms with Gasteiger partial charge in [0.15, 0.2) is 0 Å². The summed E-state index contributed by atoms with van der Waals surface area (Å²) in [5.41, 5.74) is 5.90. The van der Waals surface area contributed by atoms with Crippen molar-refractivity contribution in [2.45, 2.75) is 20.0 Å². The summed E-state index contributed by atoms with van der Waals surface area (Å²) in [7, 11) is 0. The van der Waals surface area contributed by atoms with Crippen LogP contribution in [-0.4, -0.2) is 25.3 Å². The fourth-order valence-corrected chi connectivity index (χ4v) is 1.66. The van der Waals surface area contributed by atoms with Crippen molar-refractivity contribution in [2.75, 3.05) is 18.9 Å². The molecule has 0 bridgehead atoms. The third kappa shape index (κ3) is 4.05. The van der Waals surface area contributed by atoms with Crippen LogP contribution in [0.25, 0.3) is 0 Å². The fourth-order valence-electron chi connectivity index (χ4n) is 1.27. The van der Waals surface area contributed by atoms with Gasteiger partial charge < -0.3 is 15.2 Å². The molecule has 6 heteroatoms. The Balaban J connectivity index is 2.65. The molecule has 0 amide bonds. The Hall–Kier alpha value is -0.970. The summed E-state index contributed by atoms with van der Waals surface area (Å²) in [6.45, 7) is 4.25. The first kappa shape index (κ1) is 15.1. The summed E-state index contributed by atoms with van der Waals surface area (Å²) < 4.78 is 10.3. The van der Waals surface area contributed by atoms with Gasteiger partial charge in [-0.15, -0.1) is 0 Å². The molecule has 1 aromatic rings. The van der Waals surface area contributed by atoms with E-state index in [2.05, 4.69) is 0 Å². The van der Waals surface area contributed by atoms with E-state index >= 15 is 0 Å². The molecule has 1 rings (SSSR count). The number of anilines is 1. The third-order valence-electron chi connectivity index (χ3n) is 2.11. The van der Waals surface area contributed by atoms with Crippen LogP contribution in [0.3, 0.4) is 0 Å². The molecule has 0 heterocycles. The largest absolute Gasteiger partial charge is 0.460 e. The van der Waals surface area contributed by atoms with Crippen molar-refractivity contribution < 1.29 is 14.3 Å². The smallest absolute Gasteiger partial charge is 0.341 e. The van der Waals surface area contributed by atoms with Crippen molar-refractivity contribution in [3.05, 3.63) is 27.7 Å². The zero-order chi connectivity index (χ0) is 13.7. The van der Waals surface area contributed by atoms with Crippen LogP contribution in [0, 0.1) is 0 Å². The molecule has 2 N–H and O–H groups in total. The molecule has 0 aromatic heterocycles. The molecule has 1 aromatic carbocycles. The highest BCUT2D eigenvalue weighted by Crippen LogP contribution is 2.29. The van der Waals surface area contributed by atoms with Gasteiger partial charge >= 0.3 is 5.97 Å². The molecule has 0 aliphatic carbocycles. The second-order valence-corrected chi connectivity index (χ2v) is 4.69. The summed E-state index contributed by atoms with van der Waals surface area (Å²) in [6, 6.07) is 3.03. The van der Waals surface area contributed by atoms with E-state index in [4.69, 9.17) is 38.4 Å². The summed E-state index contributed by atoms with van der Waals surface area (Å²) in [6.07, 6.45) is 0.0866. The van der Waals surface area contributed by atoms with Gasteiger partial charge in [0, 0.05) is 0 Å². The predicted molar refractivity (Wildman–Crippen MR) is 72.2 cm³/mol. The number of halogens is 2. The zero-order valence-electron chi connectivity index (χ0n) is 10.2. The van der Waals surface area contributed by atoms with E-state index in [1.807, 2.05) is 13.8 Å². The normalized spacial score (nSPS) is 10.7. The van der Waals surface area contributed by atoms with E-state index in [-0.39, 0.29) is 34.0 Å². The first-order valence-electron chi connectivity index (χ1n) is 5.45. The van der Waals surface area contributed by atoms with Crippen molar-refractivity contribution in [1.82, 2.24) is 0 Å². The van der Waals surface area contributed by atoms with Gasteiger partial charge in [-0.3, -0.25) is 0 Å². The first-order chi connectivity index (χ1) is 8.43. The van der Waals surface area contributed by atoms with Gasteiger partial charge in [-0.05, 0) is 26.0 Å². The third-order valence-corrected chi connectivity index (χ3v) is 2.76. The van der Waals surface area contributed by atoms with E-state index in [0.29, 0.717) is 6.61 Å². The van der Waals surface area contributed by atoms with Crippen LogP contribution in [0.5, 0.6) is 0 Å². The Labute approximate surface area is 116 Å². The number of benzene rings is 1. The van der Waals surface area contributed by atoms with Gasteiger partial charge in [-0.1, -0.05) is 23.2 Å². The lowest BCUT2D eigenvalue weighted by atomic mass is 10.2. The number of carbonyl (C=O) groups excluding carboxylic acids is 1. The lowest BCUT2D eigenvalue weighted by molar-refractivity contribution is 0.0178. The van der Waals surface area contributed by atoms with E-state index in [1.54, 1.807) is 0 Å². The first-order valence-corrected chi connectivity index (χ1v) is 6.21. The molecule has 18 heavy (non-hydrogen) atoms. The minimum absolute atomic E-state index is 0.0866. The van der Waals surface area contributed by atoms with Gasteiger partial charge in [0.25, 0.3) is 0 Å². The number of esters is 1. The summed E-state index contributed by atoms with van der Waals surface area (Å²) in [5.74, 6) is -0.604. The number of hydrogen-bond donors (Lipinski definition) is 1. The van der Waals surface area contributed by atoms with Gasteiger partial charge in [-0.2, -0.15) is 0 Å². The molecule has 100 valence electrons. The van der Waals surface area contributed by atoms with Crippen molar-refractivity contribution in [2.24, 2.45) is 0 Å². The number of carbonyl (C=O) groups is 1. The Bertz CT molecular complexity index is 436. The second-order valence-electron chi connectivity index (χ2n) is 3.87. The minimum atomic E-state index is -0.604. The van der Waals surface area contributed by atoms with Crippen LogP contribution in [0.15, 0.2) is 12.1 Å². The molecule has 0 spiro atoms. The summed E-state index contributed by atoms with van der Waals surface area (Å²) in [4.78, 5) is 11.8. The summed E-state index contributed by atoms with van der Waals surface area (Å²) in [5, 5.41) is 0.483. The molecule has 0 fully saturated rings. The maximum Gasteiger partial charge on any atom is 0.341 e. The highest BCUT2D eigenvalue weighted by molar-refractivity contribution is 6.38. The van der Waals surface area contributed by atoms with E-state index in [0.717, 1.165) is 0 Å². The van der Waals surface area contributed by atoms with Crippen LogP contribution in [-0.2, 0) is 9.47 Å². The minimum Gasteiger partial charge on any atom is -0.460 e. The SMILES string of the molecule is CC(C)OCCOC(=O)c1c(Cl)ccc(Cl)c1N. The Morgan fingerprint density at radius 2 is 1.89 bits per heavy atom. The topological polar surface area (TPSA) is 61.5 Å². The van der Waals surface area contributed by atoms with Gasteiger partial charge in [-0.25, -0.2) is 4.79 Å². The van der Waals surface area contributed by atoms with Gasteiger partial charge in [0.1, 0.15) is 12.2 Å². The van der Waals surface area contributed by atoms with Crippen LogP contribution < -0.4 is 5.73 Å². The molecule has 0 radical (unpaired) electrons. The standard InChI is InChI=1S/C12H15Cl2NO3/c1-7(2)17-5-6-18-12(16)10-8(13)3-4-9(14)11(10)15/h3-4,7H,5-6,15H2,1-2H3. The molecule has 0 aliphatic rings. The molecule has 0 atom stereocenters. The molecule has 4 nitrogen and oxygen atoms in total. The molecule has 0 aliphatic heterocycles. The number of hydrogen-bond acceptors (Lipinski definition) is 4. The molecular weight excluding hydrogens is 277 g/mol. The predicted octanol–water partition coefficient (Wildman–Crippen LogP) is 3.16. The molecule has 0 saturated heterocycles. The van der Waals surface area contributed by atoms with Crippen molar-refractivity contribution in [3.8, 4) is 0 Å². The van der Waals surface area contributed by atoms with E-state index in [1.165, 1.54) is 12.1 Å². The monoisotopic (exact) mass is 291 g/mol. The van der Waals surface area contributed by atoms with Gasteiger partial charge in [0.2, 0.25) is 0 Å². The van der Waals surface area contributed by atoms with E-state index in [9.17, 15) is 4.79 Å². The Morgan fingerprint density at radius 3 is 2.50 bits per heavy atom. The fraction of sp³-hybridized carbons (Fsp3) is 0.417. The lowest BCUT2D eigenvalue weighted by Crippen LogP contribution is -2.15. The molecule has 0 saturated carbocycles. The van der Waals surface area contributed by atoms with Crippen molar-refractivity contribution in [3.63, 3.8) is 0 Å². The zero-order valence-corrected chi connectivity index (χ0v) is 11.7. The average Bonchev–Trinajstić information content (AvgIpc) is 2.30. The maximum absolute atomic E-state index is 11.8. The van der Waals surface area contributed by atoms with Gasteiger partial charge in [0.05, 0.1) is 28.4 Å². The van der Waals surface area contributed by atoms with Crippen molar-refractivity contribution >= 4 is 34.9 Å². The molecular formula is C12H15Cl2NO3. The van der Waals surface area contributed by atoms with Crippen molar-refractivity contribution in [1.29, 1.82) is 0 Å². The number of nitrogens with two attached hydrogens (primary N) is 1. The summed E-state index contributed by atoms with van der Waals surface area (Å²) >= 11 is 11.7. The maximum atomic E-state index is 11.8. The molecule has 0 unspecified atom stereocenters. The quantitative estimate of drug-likeness (QED) is 0.514. The number of nitrogen functional groups attached to an aromatic ring is 1. The lowest BCUT2D eigenvalue weighted by Gasteiger charge is -2.11. The highest BCUT2D eigenvalue weighted by atomic mass is 35.5. The van der Waals surface area contributed by atoms with Crippen LogP contribution >= 0.6 is 23.2 Å². The van der Waals surface area contributed by atoms with Crippen LogP contribution in [0.1, 0.15) is 24.2 Å². The van der Waals surface area contributed by atoms with E-state index < -0.39 is 5.97 Å². The van der Waals surface area contributed by atoms with Crippen LogP contribution in [0.2, 0.25) is 10.0 Å². The highest BCUT2D eigenvalue weighted by Gasteiger charge is 2.17.